The molecule has 5 rings (SSSR count). The zero-order valence-electron chi connectivity index (χ0n) is 23.3. The van der Waals surface area contributed by atoms with Crippen molar-refractivity contribution < 1.29 is 44.3 Å². The number of aliphatic hydroxyl groups excluding tert-OH is 1. The molecule has 3 saturated carbocycles. The van der Waals surface area contributed by atoms with Crippen LogP contribution in [0.2, 0.25) is 0 Å². The summed E-state index contributed by atoms with van der Waals surface area (Å²) in [5.74, 6) is -2.75. The molecule has 0 spiro atoms. The predicted molar refractivity (Wildman–Crippen MR) is 139 cm³/mol. The maximum atomic E-state index is 13.3. The van der Waals surface area contributed by atoms with Crippen LogP contribution in [0.1, 0.15) is 66.7 Å². The van der Waals surface area contributed by atoms with Gasteiger partial charge >= 0.3 is 11.9 Å². The Hall–Kier alpha value is -2.33. The van der Waals surface area contributed by atoms with E-state index in [4.69, 9.17) is 9.47 Å². The summed E-state index contributed by atoms with van der Waals surface area (Å²) in [7, 11) is 0. The molecule has 214 valence electrons. The quantitative estimate of drug-likeness (QED) is 0.307. The van der Waals surface area contributed by atoms with Crippen molar-refractivity contribution in [3.63, 3.8) is 0 Å². The Kier molecular flexibility index (Phi) is 6.39. The zero-order valence-corrected chi connectivity index (χ0v) is 23.3. The number of hydrogen-bond donors (Lipinski definition) is 4. The molecule has 10 atom stereocenters. The van der Waals surface area contributed by atoms with Gasteiger partial charge in [0, 0.05) is 6.92 Å². The van der Waals surface area contributed by atoms with Gasteiger partial charge in [0.25, 0.3) is 0 Å². The van der Waals surface area contributed by atoms with Gasteiger partial charge in [-0.25, -0.2) is 0 Å². The molecule has 0 bridgehead atoms. The molecule has 5 aliphatic rings. The molecule has 4 N–H and O–H groups in total. The third kappa shape index (κ3) is 3.49. The summed E-state index contributed by atoms with van der Waals surface area (Å²) in [6, 6.07) is 0. The van der Waals surface area contributed by atoms with E-state index in [0.29, 0.717) is 17.6 Å². The molecule has 9 nitrogen and oxygen atoms in total. The lowest BCUT2D eigenvalue weighted by Crippen LogP contribution is -2.74. The molecular formula is C30H40O9. The van der Waals surface area contributed by atoms with Crippen LogP contribution >= 0.6 is 0 Å². The third-order valence-corrected chi connectivity index (χ3v) is 11.3. The number of aliphatic hydroxyl groups is 4. The molecular weight excluding hydrogens is 504 g/mol. The number of ketones is 1. The first-order valence-corrected chi connectivity index (χ1v) is 13.9. The SMILES string of the molecule is CC(=O)OC[C@]12CC[C@H]3[C@@H](C[C@@H](O)C4=CC=CC(=O)[C@@]43C)[C@]1(O)CC[C@@]2(O)[C@@](C)(O)[C@H]1C=C(C)C(C)C(=O)O1. The Morgan fingerprint density at radius 2 is 1.90 bits per heavy atom. The number of rotatable bonds is 4. The van der Waals surface area contributed by atoms with Crippen LogP contribution in [0.3, 0.4) is 0 Å². The molecule has 0 saturated heterocycles. The topological polar surface area (TPSA) is 151 Å². The highest BCUT2D eigenvalue weighted by molar-refractivity contribution is 5.99. The lowest BCUT2D eigenvalue weighted by atomic mass is 9.43. The Balaban J connectivity index is 1.63. The number of hydrogen-bond acceptors (Lipinski definition) is 9. The minimum Gasteiger partial charge on any atom is -0.465 e. The van der Waals surface area contributed by atoms with Crippen LogP contribution in [0.5, 0.6) is 0 Å². The van der Waals surface area contributed by atoms with Crippen molar-refractivity contribution in [1.29, 1.82) is 0 Å². The standard InChI is InChI=1S/C30H40O9/c1-16-13-24(39-25(34)17(16)2)27(5,35)30(37)12-11-29(36)21-14-22(32)20-7-6-8-23(33)26(20,4)19(21)9-10-28(29,30)15-38-18(3)31/h6-8,13,17,19,21-22,24,32,35-37H,9-12,14-15H2,1-5H3/t17?,19-,21+,22+,24+,26+,27-,28+,29+,30+/m0/s1. The molecule has 1 unspecified atom stereocenters. The van der Waals surface area contributed by atoms with Gasteiger partial charge < -0.3 is 29.9 Å². The van der Waals surface area contributed by atoms with E-state index in [9.17, 15) is 34.8 Å². The van der Waals surface area contributed by atoms with Gasteiger partial charge in [0.15, 0.2) is 11.9 Å². The molecule has 1 heterocycles. The summed E-state index contributed by atoms with van der Waals surface area (Å²) in [6.45, 7) is 7.52. The van der Waals surface area contributed by atoms with E-state index in [1.165, 1.54) is 19.9 Å². The van der Waals surface area contributed by atoms with E-state index in [2.05, 4.69) is 0 Å². The summed E-state index contributed by atoms with van der Waals surface area (Å²) < 4.78 is 11.1. The summed E-state index contributed by atoms with van der Waals surface area (Å²) in [5.41, 5.74) is -7.08. The normalized spacial score (nSPS) is 46.6. The lowest BCUT2D eigenvalue weighted by Gasteiger charge is -2.64. The molecule has 9 heteroatoms. The maximum Gasteiger partial charge on any atom is 0.313 e. The van der Waals surface area contributed by atoms with Crippen LogP contribution in [0.4, 0.5) is 0 Å². The number of fused-ring (bicyclic) bond motifs is 5. The van der Waals surface area contributed by atoms with Crippen LogP contribution in [-0.4, -0.2) is 73.8 Å². The number of ether oxygens (including phenoxy) is 2. The highest BCUT2D eigenvalue weighted by Crippen LogP contribution is 2.70. The van der Waals surface area contributed by atoms with Crippen molar-refractivity contribution >= 4 is 17.7 Å². The Morgan fingerprint density at radius 1 is 1.21 bits per heavy atom. The first-order valence-electron chi connectivity index (χ1n) is 13.9. The first-order chi connectivity index (χ1) is 18.1. The minimum atomic E-state index is -2.06. The van der Waals surface area contributed by atoms with Gasteiger partial charge in [-0.05, 0) is 89.4 Å². The van der Waals surface area contributed by atoms with Gasteiger partial charge in [0.05, 0.1) is 28.5 Å². The molecule has 0 radical (unpaired) electrons. The van der Waals surface area contributed by atoms with Crippen molar-refractivity contribution in [2.45, 2.75) is 95.7 Å². The Morgan fingerprint density at radius 3 is 2.54 bits per heavy atom. The lowest BCUT2D eigenvalue weighted by molar-refractivity contribution is -0.294. The number of carbonyl (C=O) groups excluding carboxylic acids is 3. The predicted octanol–water partition coefficient (Wildman–Crippen LogP) is 1.91. The minimum absolute atomic E-state index is 0.0354. The van der Waals surface area contributed by atoms with E-state index in [0.717, 1.165) is 0 Å². The molecule has 0 aromatic rings. The Bertz CT molecular complexity index is 1200. The smallest absolute Gasteiger partial charge is 0.313 e. The average molecular weight is 545 g/mol. The van der Waals surface area contributed by atoms with Crippen molar-refractivity contribution in [2.75, 3.05) is 6.61 Å². The van der Waals surface area contributed by atoms with Crippen molar-refractivity contribution in [2.24, 2.45) is 28.6 Å². The molecule has 39 heavy (non-hydrogen) atoms. The van der Waals surface area contributed by atoms with Gasteiger partial charge in [0.2, 0.25) is 0 Å². The zero-order chi connectivity index (χ0) is 28.8. The van der Waals surface area contributed by atoms with E-state index < -0.39 is 63.6 Å². The van der Waals surface area contributed by atoms with Crippen LogP contribution in [0, 0.1) is 28.6 Å². The fraction of sp³-hybridized carbons (Fsp3) is 0.700. The van der Waals surface area contributed by atoms with Crippen LogP contribution in [0.15, 0.2) is 35.5 Å². The van der Waals surface area contributed by atoms with Crippen LogP contribution < -0.4 is 0 Å². The van der Waals surface area contributed by atoms with E-state index in [-0.39, 0.29) is 44.0 Å². The monoisotopic (exact) mass is 544 g/mol. The second-order valence-electron chi connectivity index (χ2n) is 12.8. The van der Waals surface area contributed by atoms with E-state index in [1.54, 1.807) is 39.0 Å². The summed E-state index contributed by atoms with van der Waals surface area (Å²) in [6.07, 6.45) is 4.98. The summed E-state index contributed by atoms with van der Waals surface area (Å²) in [4.78, 5) is 37.9. The number of cyclic esters (lactones) is 1. The van der Waals surface area contributed by atoms with Gasteiger partial charge in [-0.1, -0.05) is 17.7 Å². The van der Waals surface area contributed by atoms with Crippen LogP contribution in [0.25, 0.3) is 0 Å². The van der Waals surface area contributed by atoms with Crippen molar-refractivity contribution in [1.82, 2.24) is 0 Å². The highest BCUT2D eigenvalue weighted by atomic mass is 16.6. The molecule has 0 aromatic carbocycles. The first kappa shape index (κ1) is 28.2. The third-order valence-electron chi connectivity index (χ3n) is 11.3. The summed E-state index contributed by atoms with van der Waals surface area (Å²) >= 11 is 0. The second-order valence-corrected chi connectivity index (χ2v) is 12.8. The number of allylic oxidation sites excluding steroid dienone is 3. The van der Waals surface area contributed by atoms with Gasteiger partial charge in [-0.2, -0.15) is 0 Å². The highest BCUT2D eigenvalue weighted by Gasteiger charge is 2.79. The maximum absolute atomic E-state index is 13.3. The molecule has 0 amide bonds. The fourth-order valence-corrected chi connectivity index (χ4v) is 8.73. The Labute approximate surface area is 228 Å². The average Bonchev–Trinajstić information content (AvgIpc) is 3.11. The van der Waals surface area contributed by atoms with Crippen LogP contribution in [-0.2, 0) is 23.9 Å². The fourth-order valence-electron chi connectivity index (χ4n) is 8.73. The van der Waals surface area contributed by atoms with Crippen molar-refractivity contribution in [3.05, 3.63) is 35.5 Å². The van der Waals surface area contributed by atoms with Gasteiger partial charge in [-0.15, -0.1) is 0 Å². The summed E-state index contributed by atoms with van der Waals surface area (Å²) in [5, 5.41) is 48.5. The second kappa shape index (κ2) is 8.83. The van der Waals surface area contributed by atoms with Crippen molar-refractivity contribution in [3.8, 4) is 0 Å². The molecule has 0 aromatic heterocycles. The van der Waals surface area contributed by atoms with E-state index >= 15 is 0 Å². The molecule has 4 aliphatic carbocycles. The number of esters is 2. The molecule has 1 aliphatic heterocycles. The largest absolute Gasteiger partial charge is 0.465 e. The van der Waals surface area contributed by atoms with Gasteiger partial charge in [0.1, 0.15) is 17.8 Å². The number of carbonyl (C=O) groups is 3. The van der Waals surface area contributed by atoms with E-state index in [1.807, 2.05) is 0 Å². The molecule has 3 fully saturated rings. The van der Waals surface area contributed by atoms with Gasteiger partial charge in [-0.3, -0.25) is 14.4 Å².